The molecule has 1 atom stereocenters. The second-order valence-electron chi connectivity index (χ2n) is 5.18. The number of nitrogens with zero attached hydrogens (tertiary/aromatic N) is 3. The number of aryl methyl sites for hydroxylation is 1. The third-order valence-corrected chi connectivity index (χ3v) is 4.49. The average Bonchev–Trinajstić information content (AvgIpc) is 2.89. The molecule has 23 heavy (non-hydrogen) atoms. The normalized spacial score (nSPS) is 12.4. The first kappa shape index (κ1) is 15.6. The summed E-state index contributed by atoms with van der Waals surface area (Å²) in [6.45, 7) is 1.99. The summed E-state index contributed by atoms with van der Waals surface area (Å²) in [5.74, 6) is 7.57. The first-order valence-corrected chi connectivity index (χ1v) is 8.21. The lowest BCUT2D eigenvalue weighted by atomic mass is 10.1. The maximum absolute atomic E-state index is 10.0. The van der Waals surface area contributed by atoms with Crippen LogP contribution >= 0.6 is 11.8 Å². The van der Waals surface area contributed by atoms with E-state index >= 15 is 0 Å². The number of ether oxygens (including phenoxy) is 1. The number of nitrogen functional groups attached to an aromatic ring is 1. The minimum atomic E-state index is -0.622. The van der Waals surface area contributed by atoms with Crippen molar-refractivity contribution in [2.75, 3.05) is 18.2 Å². The zero-order chi connectivity index (χ0) is 16.2. The molecule has 120 valence electrons. The molecule has 0 saturated carbocycles. The van der Waals surface area contributed by atoms with Crippen LogP contribution in [0.4, 0.5) is 0 Å². The fourth-order valence-corrected chi connectivity index (χ4v) is 2.92. The fourth-order valence-electron chi connectivity index (χ4n) is 2.12. The van der Waals surface area contributed by atoms with E-state index in [1.54, 1.807) is 6.92 Å². The zero-order valence-corrected chi connectivity index (χ0v) is 13.5. The van der Waals surface area contributed by atoms with Crippen molar-refractivity contribution in [3.8, 4) is 5.75 Å². The molecule has 0 saturated heterocycles. The van der Waals surface area contributed by atoms with Crippen molar-refractivity contribution in [1.29, 1.82) is 0 Å². The molecule has 3 N–H and O–H groups in total. The molecule has 0 spiro atoms. The fraction of sp³-hybridized carbons (Fsp3) is 0.250. The smallest absolute Gasteiger partial charge is 0.209 e. The summed E-state index contributed by atoms with van der Waals surface area (Å²) in [5, 5.41) is 20.7. The Morgan fingerprint density at radius 3 is 2.74 bits per heavy atom. The van der Waals surface area contributed by atoms with Crippen LogP contribution in [0.1, 0.15) is 5.82 Å². The summed E-state index contributed by atoms with van der Waals surface area (Å²) < 4.78 is 7.07. The quantitative estimate of drug-likeness (QED) is 0.531. The molecule has 0 aliphatic carbocycles. The SMILES string of the molecule is Cc1nnc(SC[C@@H](O)COc2ccc3ccccc3c2)n1N. The van der Waals surface area contributed by atoms with E-state index in [0.717, 1.165) is 16.5 Å². The number of rotatable bonds is 6. The summed E-state index contributed by atoms with van der Waals surface area (Å²) in [4.78, 5) is 0. The Bertz CT molecular complexity index is 806. The molecule has 0 radical (unpaired) electrons. The summed E-state index contributed by atoms with van der Waals surface area (Å²) in [7, 11) is 0. The molecule has 0 amide bonds. The maximum Gasteiger partial charge on any atom is 0.209 e. The topological polar surface area (TPSA) is 86.2 Å². The van der Waals surface area contributed by atoms with Crippen molar-refractivity contribution < 1.29 is 9.84 Å². The second kappa shape index (κ2) is 6.89. The van der Waals surface area contributed by atoms with Gasteiger partial charge in [0.1, 0.15) is 18.2 Å². The third kappa shape index (κ3) is 3.75. The predicted molar refractivity (Wildman–Crippen MR) is 91.1 cm³/mol. The van der Waals surface area contributed by atoms with Gasteiger partial charge in [0.25, 0.3) is 0 Å². The van der Waals surface area contributed by atoms with E-state index in [4.69, 9.17) is 10.6 Å². The maximum atomic E-state index is 10.0. The molecule has 1 aromatic heterocycles. The van der Waals surface area contributed by atoms with E-state index in [1.165, 1.54) is 16.4 Å². The number of aliphatic hydroxyl groups excluding tert-OH is 1. The van der Waals surface area contributed by atoms with Crippen molar-refractivity contribution in [1.82, 2.24) is 14.9 Å². The van der Waals surface area contributed by atoms with E-state index in [1.807, 2.05) is 36.4 Å². The van der Waals surface area contributed by atoms with Crippen LogP contribution in [0.2, 0.25) is 0 Å². The molecule has 3 aromatic rings. The van der Waals surface area contributed by atoms with Crippen molar-refractivity contribution in [2.45, 2.75) is 18.2 Å². The zero-order valence-electron chi connectivity index (χ0n) is 12.7. The minimum Gasteiger partial charge on any atom is -0.491 e. The van der Waals surface area contributed by atoms with Crippen molar-refractivity contribution in [3.05, 3.63) is 48.3 Å². The predicted octanol–water partition coefficient (Wildman–Crippen LogP) is 1.99. The molecular weight excluding hydrogens is 312 g/mol. The highest BCUT2D eigenvalue weighted by atomic mass is 32.2. The first-order valence-electron chi connectivity index (χ1n) is 7.23. The number of benzene rings is 2. The number of fused-ring (bicyclic) bond motifs is 1. The highest BCUT2D eigenvalue weighted by Gasteiger charge is 2.11. The van der Waals surface area contributed by atoms with Crippen LogP contribution in [0.3, 0.4) is 0 Å². The number of hydrogen-bond acceptors (Lipinski definition) is 6. The number of aromatic nitrogens is 3. The molecule has 2 aromatic carbocycles. The van der Waals surface area contributed by atoms with Gasteiger partial charge in [-0.15, -0.1) is 10.2 Å². The standard InChI is InChI=1S/C16H18N4O2S/c1-11-18-19-16(20(11)17)23-10-14(21)9-22-15-7-6-12-4-2-3-5-13(12)8-15/h2-8,14,21H,9-10,17H2,1H3/t14-/m0/s1. The van der Waals surface area contributed by atoms with Gasteiger partial charge >= 0.3 is 0 Å². The van der Waals surface area contributed by atoms with E-state index < -0.39 is 6.10 Å². The third-order valence-electron chi connectivity index (χ3n) is 3.40. The van der Waals surface area contributed by atoms with Gasteiger partial charge in [-0.05, 0) is 29.8 Å². The molecule has 0 aliphatic rings. The number of thioether (sulfide) groups is 1. The molecule has 0 bridgehead atoms. The summed E-state index contributed by atoms with van der Waals surface area (Å²) >= 11 is 1.35. The highest BCUT2D eigenvalue weighted by Crippen LogP contribution is 2.21. The van der Waals surface area contributed by atoms with Gasteiger partial charge in [-0.3, -0.25) is 0 Å². The van der Waals surface area contributed by atoms with Gasteiger partial charge in [-0.2, -0.15) is 0 Å². The Kier molecular flexibility index (Phi) is 4.68. The lowest BCUT2D eigenvalue weighted by Gasteiger charge is -2.12. The van der Waals surface area contributed by atoms with Crippen LogP contribution in [0.25, 0.3) is 10.8 Å². The number of hydrogen-bond donors (Lipinski definition) is 2. The Morgan fingerprint density at radius 1 is 1.22 bits per heavy atom. The van der Waals surface area contributed by atoms with E-state index in [0.29, 0.717) is 16.7 Å². The lowest BCUT2D eigenvalue weighted by Crippen LogP contribution is -2.21. The van der Waals surface area contributed by atoms with Crippen molar-refractivity contribution in [2.24, 2.45) is 0 Å². The van der Waals surface area contributed by atoms with Crippen molar-refractivity contribution in [3.63, 3.8) is 0 Å². The minimum absolute atomic E-state index is 0.211. The average molecular weight is 330 g/mol. The van der Waals surface area contributed by atoms with Gasteiger partial charge in [0.2, 0.25) is 5.16 Å². The monoisotopic (exact) mass is 330 g/mol. The number of aliphatic hydroxyl groups is 1. The lowest BCUT2D eigenvalue weighted by molar-refractivity contribution is 0.126. The molecule has 1 heterocycles. The van der Waals surface area contributed by atoms with E-state index in [-0.39, 0.29) is 6.61 Å². The highest BCUT2D eigenvalue weighted by molar-refractivity contribution is 7.99. The molecule has 6 nitrogen and oxygen atoms in total. The van der Waals surface area contributed by atoms with E-state index in [9.17, 15) is 5.11 Å². The molecule has 3 rings (SSSR count). The van der Waals surface area contributed by atoms with Gasteiger partial charge in [-0.25, -0.2) is 4.68 Å². The Morgan fingerprint density at radius 2 is 2.00 bits per heavy atom. The van der Waals surface area contributed by atoms with Crippen molar-refractivity contribution >= 4 is 22.5 Å². The van der Waals surface area contributed by atoms with Crippen LogP contribution in [-0.2, 0) is 0 Å². The Hall–Kier alpha value is -2.25. The first-order chi connectivity index (χ1) is 11.1. The van der Waals surface area contributed by atoms with Crippen LogP contribution in [0.15, 0.2) is 47.6 Å². The molecule has 7 heteroatoms. The van der Waals surface area contributed by atoms with Gasteiger partial charge in [0.15, 0.2) is 0 Å². The molecule has 0 fully saturated rings. The summed E-state index contributed by atoms with van der Waals surface area (Å²) in [6.07, 6.45) is -0.622. The molecule has 0 aliphatic heterocycles. The van der Waals surface area contributed by atoms with Crippen LogP contribution in [-0.4, -0.2) is 38.4 Å². The van der Waals surface area contributed by atoms with Gasteiger partial charge in [0, 0.05) is 5.75 Å². The van der Waals surface area contributed by atoms with Gasteiger partial charge in [0.05, 0.1) is 6.10 Å². The summed E-state index contributed by atoms with van der Waals surface area (Å²) in [6, 6.07) is 14.0. The summed E-state index contributed by atoms with van der Waals surface area (Å²) in [5.41, 5.74) is 0. The van der Waals surface area contributed by atoms with Gasteiger partial charge in [-0.1, -0.05) is 42.1 Å². The largest absolute Gasteiger partial charge is 0.491 e. The molecular formula is C16H18N4O2S. The van der Waals surface area contributed by atoms with Gasteiger partial charge < -0.3 is 15.7 Å². The second-order valence-corrected chi connectivity index (χ2v) is 6.17. The van der Waals surface area contributed by atoms with Crippen LogP contribution < -0.4 is 10.6 Å². The Labute approximate surface area is 138 Å². The van der Waals surface area contributed by atoms with E-state index in [2.05, 4.69) is 16.3 Å². The number of nitrogens with two attached hydrogens (primary N) is 1. The molecule has 0 unspecified atom stereocenters. The van der Waals surface area contributed by atoms with Crippen LogP contribution in [0.5, 0.6) is 5.75 Å². The van der Waals surface area contributed by atoms with Crippen LogP contribution in [0, 0.1) is 6.92 Å². The Balaban J connectivity index is 1.53.